The van der Waals surface area contributed by atoms with E-state index in [1.165, 1.54) is 0 Å². The van der Waals surface area contributed by atoms with Gasteiger partial charge in [-0.05, 0) is 38.1 Å². The van der Waals surface area contributed by atoms with Gasteiger partial charge in [0.2, 0.25) is 5.60 Å². The van der Waals surface area contributed by atoms with E-state index in [0.29, 0.717) is 24.3 Å². The second-order valence-corrected chi connectivity index (χ2v) is 8.44. The van der Waals surface area contributed by atoms with Gasteiger partial charge in [0.25, 0.3) is 5.91 Å². The molecule has 6 rings (SSSR count). The number of amides is 1. The van der Waals surface area contributed by atoms with Crippen LogP contribution >= 0.6 is 0 Å². The number of nitrogens with zero attached hydrogens (tertiary/aromatic N) is 1. The fourth-order valence-corrected chi connectivity index (χ4v) is 6.54. The number of aliphatic hydroxyl groups is 1. The predicted molar refractivity (Wildman–Crippen MR) is 90.2 cm³/mol. The molecule has 1 aromatic carbocycles. The Labute approximate surface area is 151 Å². The third-order valence-corrected chi connectivity index (χ3v) is 7.71. The summed E-state index contributed by atoms with van der Waals surface area (Å²) in [4.78, 5) is 14.6. The minimum absolute atomic E-state index is 0.0377. The highest BCUT2D eigenvalue weighted by Crippen LogP contribution is 2.71. The summed E-state index contributed by atoms with van der Waals surface area (Å²) in [5, 5.41) is 12.0. The summed E-state index contributed by atoms with van der Waals surface area (Å²) in [5.41, 5.74) is 5.08. The lowest BCUT2D eigenvalue weighted by Crippen LogP contribution is -2.78. The average Bonchev–Trinajstić information content (AvgIpc) is 3.21. The van der Waals surface area contributed by atoms with Crippen LogP contribution in [0.5, 0.6) is 11.5 Å². The van der Waals surface area contributed by atoms with Gasteiger partial charge in [-0.25, -0.2) is 0 Å². The lowest BCUT2D eigenvalue weighted by atomic mass is 9.47. The second-order valence-electron chi connectivity index (χ2n) is 8.44. The van der Waals surface area contributed by atoms with E-state index in [0.717, 1.165) is 24.1 Å². The number of piperidine rings is 1. The van der Waals surface area contributed by atoms with Crippen molar-refractivity contribution < 1.29 is 24.1 Å². The molecule has 2 aliphatic carbocycles. The third-order valence-electron chi connectivity index (χ3n) is 7.71. The van der Waals surface area contributed by atoms with Crippen molar-refractivity contribution in [1.82, 2.24) is 4.90 Å². The molecule has 3 fully saturated rings. The van der Waals surface area contributed by atoms with Gasteiger partial charge in [0.15, 0.2) is 17.6 Å². The number of rotatable bonds is 2. The molecule has 6 unspecified atom stereocenters. The average molecular weight is 358 g/mol. The zero-order chi connectivity index (χ0) is 18.1. The van der Waals surface area contributed by atoms with E-state index >= 15 is 0 Å². The number of methoxy groups -OCH3 is 1. The van der Waals surface area contributed by atoms with Crippen LogP contribution in [0.3, 0.4) is 0 Å². The van der Waals surface area contributed by atoms with Gasteiger partial charge in [0.1, 0.15) is 6.10 Å². The molecule has 3 N–H and O–H groups in total. The Hall–Kier alpha value is -1.83. The number of primary amides is 1. The Morgan fingerprint density at radius 2 is 2.27 bits per heavy atom. The summed E-state index contributed by atoms with van der Waals surface area (Å²) < 4.78 is 17.8. The van der Waals surface area contributed by atoms with Crippen LogP contribution in [0.15, 0.2) is 12.1 Å². The molecule has 2 saturated heterocycles. The summed E-state index contributed by atoms with van der Waals surface area (Å²) in [6, 6.07) is 3.93. The number of carbonyl (C=O) groups is 1. The Balaban J connectivity index is 1.69. The van der Waals surface area contributed by atoms with Crippen molar-refractivity contribution in [3.63, 3.8) is 0 Å². The molecule has 6 atom stereocenters. The fourth-order valence-electron chi connectivity index (χ4n) is 6.54. The van der Waals surface area contributed by atoms with Crippen molar-refractivity contribution in [2.45, 2.75) is 54.1 Å². The molecule has 3 heterocycles. The standard InChI is InChI=1S/C19H22N2O5/c1-21-6-5-17-13-9-3-4-10(24-2)14(13)25-15(17)19(16(20)22)12(26-19)8-18(17,23)11(21)7-9/h3-4,11-12,15,23H,5-8H2,1-2H3,(H2,20,22). The molecule has 3 aliphatic heterocycles. The summed E-state index contributed by atoms with van der Waals surface area (Å²) in [7, 11) is 3.66. The molecular weight excluding hydrogens is 336 g/mol. The van der Waals surface area contributed by atoms with Crippen LogP contribution in [0.2, 0.25) is 0 Å². The maximum absolute atomic E-state index is 12.4. The molecule has 2 bridgehead atoms. The number of hydrogen-bond acceptors (Lipinski definition) is 6. The zero-order valence-electron chi connectivity index (χ0n) is 14.8. The summed E-state index contributed by atoms with van der Waals surface area (Å²) in [6.07, 6.45) is 0.838. The topological polar surface area (TPSA) is 97.5 Å². The van der Waals surface area contributed by atoms with E-state index in [2.05, 4.69) is 18.0 Å². The smallest absolute Gasteiger partial charge is 0.256 e. The molecule has 0 aromatic heterocycles. The van der Waals surface area contributed by atoms with Gasteiger partial charge in [-0.15, -0.1) is 0 Å². The van der Waals surface area contributed by atoms with Gasteiger partial charge in [-0.3, -0.25) is 4.79 Å². The molecule has 7 nitrogen and oxygen atoms in total. The largest absolute Gasteiger partial charge is 0.493 e. The number of likely N-dealkylation sites (N-methyl/N-ethyl adjacent to an activating group) is 1. The van der Waals surface area contributed by atoms with Gasteiger partial charge < -0.3 is 30.0 Å². The zero-order valence-corrected chi connectivity index (χ0v) is 14.8. The number of hydrogen-bond donors (Lipinski definition) is 2. The van der Waals surface area contributed by atoms with Crippen LogP contribution in [0.1, 0.15) is 24.0 Å². The lowest BCUT2D eigenvalue weighted by molar-refractivity contribution is -0.183. The van der Waals surface area contributed by atoms with Crippen molar-refractivity contribution in [1.29, 1.82) is 0 Å². The van der Waals surface area contributed by atoms with Gasteiger partial charge in [0.05, 0.1) is 18.1 Å². The van der Waals surface area contributed by atoms with Crippen molar-refractivity contribution in [2.75, 3.05) is 20.7 Å². The van der Waals surface area contributed by atoms with Crippen molar-refractivity contribution in [3.8, 4) is 11.5 Å². The number of likely N-dealkylation sites (tertiary alicyclic amines) is 1. The summed E-state index contributed by atoms with van der Waals surface area (Å²) >= 11 is 0. The number of epoxide rings is 1. The quantitative estimate of drug-likeness (QED) is 0.706. The highest BCUT2D eigenvalue weighted by atomic mass is 16.7. The molecule has 1 aromatic rings. The lowest BCUT2D eigenvalue weighted by Gasteiger charge is -2.62. The van der Waals surface area contributed by atoms with Gasteiger partial charge in [0, 0.05) is 18.0 Å². The first-order valence-electron chi connectivity index (χ1n) is 9.17. The molecule has 7 heteroatoms. The highest BCUT2D eigenvalue weighted by molar-refractivity contribution is 5.90. The Kier molecular flexibility index (Phi) is 2.45. The Morgan fingerprint density at radius 1 is 1.46 bits per heavy atom. The maximum atomic E-state index is 12.4. The molecule has 5 aliphatic rings. The maximum Gasteiger partial charge on any atom is 0.256 e. The number of fused-ring (bicyclic) bond motifs is 2. The number of nitrogens with two attached hydrogens (primary N) is 1. The van der Waals surface area contributed by atoms with Crippen LogP contribution in [-0.2, 0) is 21.4 Å². The molecule has 1 amide bonds. The summed E-state index contributed by atoms with van der Waals surface area (Å²) in [5.74, 6) is 0.774. The van der Waals surface area contributed by atoms with E-state index < -0.39 is 28.6 Å². The minimum Gasteiger partial charge on any atom is -0.493 e. The number of benzene rings is 1. The molecule has 0 radical (unpaired) electrons. The molecule has 26 heavy (non-hydrogen) atoms. The van der Waals surface area contributed by atoms with Gasteiger partial charge >= 0.3 is 0 Å². The first-order chi connectivity index (χ1) is 12.4. The molecule has 138 valence electrons. The van der Waals surface area contributed by atoms with Crippen LogP contribution in [0.4, 0.5) is 0 Å². The first kappa shape index (κ1) is 15.2. The molecule has 1 saturated carbocycles. The van der Waals surface area contributed by atoms with E-state index in [1.807, 2.05) is 6.07 Å². The van der Waals surface area contributed by atoms with Gasteiger partial charge in [-0.2, -0.15) is 0 Å². The molecule has 1 spiro atoms. The van der Waals surface area contributed by atoms with E-state index in [1.54, 1.807) is 7.11 Å². The van der Waals surface area contributed by atoms with E-state index in [4.69, 9.17) is 19.9 Å². The van der Waals surface area contributed by atoms with Crippen molar-refractivity contribution in [2.24, 2.45) is 5.73 Å². The van der Waals surface area contributed by atoms with Crippen LogP contribution in [0.25, 0.3) is 0 Å². The van der Waals surface area contributed by atoms with Crippen molar-refractivity contribution >= 4 is 5.91 Å². The van der Waals surface area contributed by atoms with E-state index in [-0.39, 0.29) is 12.1 Å². The summed E-state index contributed by atoms with van der Waals surface area (Å²) in [6.45, 7) is 0.822. The number of ether oxygens (including phenoxy) is 3. The third kappa shape index (κ3) is 1.28. The van der Waals surface area contributed by atoms with Crippen LogP contribution < -0.4 is 15.2 Å². The van der Waals surface area contributed by atoms with Crippen LogP contribution in [-0.4, -0.2) is 66.1 Å². The molecular formula is C19H22N2O5. The monoisotopic (exact) mass is 358 g/mol. The second kappa shape index (κ2) is 4.18. The fraction of sp³-hybridized carbons (Fsp3) is 0.632. The van der Waals surface area contributed by atoms with Crippen molar-refractivity contribution in [3.05, 3.63) is 23.3 Å². The SMILES string of the molecule is COc1ccc2c3c1OC1C4(C(N)=O)OC4CC4(O)C(C2)N(C)CCC314. The van der Waals surface area contributed by atoms with Crippen LogP contribution in [0, 0.1) is 0 Å². The first-order valence-corrected chi connectivity index (χ1v) is 9.17. The Morgan fingerprint density at radius 3 is 3.00 bits per heavy atom. The Bertz CT molecular complexity index is 874. The normalized spacial score (nSPS) is 46.8. The minimum atomic E-state index is -1.15. The number of carbonyl (C=O) groups excluding carboxylic acids is 1. The highest BCUT2D eigenvalue weighted by Gasteiger charge is 2.85. The van der Waals surface area contributed by atoms with Gasteiger partial charge in [-0.1, -0.05) is 6.07 Å². The predicted octanol–water partition coefficient (Wildman–Crippen LogP) is -0.288. The van der Waals surface area contributed by atoms with E-state index in [9.17, 15) is 9.90 Å².